The van der Waals surface area contributed by atoms with Gasteiger partial charge in [0.2, 0.25) is 5.89 Å². The van der Waals surface area contributed by atoms with E-state index >= 15 is 0 Å². The van der Waals surface area contributed by atoms with Gasteiger partial charge in [0.05, 0.1) is 19.6 Å². The van der Waals surface area contributed by atoms with Gasteiger partial charge in [-0.3, -0.25) is 9.69 Å². The number of aromatic nitrogens is 2. The first kappa shape index (κ1) is 14.0. The number of rotatable bonds is 5. The lowest BCUT2D eigenvalue weighted by Crippen LogP contribution is -2.24. The second kappa shape index (κ2) is 6.14. The fourth-order valence-electron chi connectivity index (χ4n) is 2.53. The normalized spacial score (nSPS) is 23.7. The molecule has 0 spiro atoms. The Hall–Kier alpha value is -1.43. The smallest absolute Gasteiger partial charge is 0.310 e. The van der Waals surface area contributed by atoms with Gasteiger partial charge in [-0.05, 0) is 12.3 Å². The van der Waals surface area contributed by atoms with Crippen LogP contribution in [0.5, 0.6) is 0 Å². The summed E-state index contributed by atoms with van der Waals surface area (Å²) in [7, 11) is 1.44. The maximum absolute atomic E-state index is 11.6. The van der Waals surface area contributed by atoms with Gasteiger partial charge < -0.3 is 9.26 Å². The number of methoxy groups -OCH3 is 1. The van der Waals surface area contributed by atoms with E-state index in [2.05, 4.69) is 28.9 Å². The van der Waals surface area contributed by atoms with Crippen LogP contribution in [0.25, 0.3) is 0 Å². The molecule has 6 heteroatoms. The van der Waals surface area contributed by atoms with Gasteiger partial charge in [-0.15, -0.1) is 0 Å². The van der Waals surface area contributed by atoms with Gasteiger partial charge in [-0.25, -0.2) is 0 Å². The molecule has 2 heterocycles. The zero-order chi connectivity index (χ0) is 13.8. The second-order valence-corrected chi connectivity index (χ2v) is 5.16. The molecule has 1 aliphatic rings. The van der Waals surface area contributed by atoms with Crippen LogP contribution in [0.1, 0.15) is 32.0 Å². The summed E-state index contributed by atoms with van der Waals surface area (Å²) < 4.78 is 10.0. The van der Waals surface area contributed by atoms with Gasteiger partial charge in [0.15, 0.2) is 5.82 Å². The van der Waals surface area contributed by atoms with Crippen molar-refractivity contribution >= 4 is 5.97 Å². The number of ether oxygens (including phenoxy) is 1. The van der Waals surface area contributed by atoms with Crippen LogP contribution in [0.2, 0.25) is 0 Å². The van der Waals surface area contributed by atoms with Crippen LogP contribution in [0.15, 0.2) is 4.52 Å². The zero-order valence-corrected chi connectivity index (χ0v) is 11.8. The van der Waals surface area contributed by atoms with Crippen molar-refractivity contribution < 1.29 is 14.1 Å². The maximum Gasteiger partial charge on any atom is 0.310 e. The van der Waals surface area contributed by atoms with Gasteiger partial charge in [-0.1, -0.05) is 19.0 Å². The van der Waals surface area contributed by atoms with Crippen LogP contribution >= 0.6 is 0 Å². The lowest BCUT2D eigenvalue weighted by molar-refractivity contribution is -0.146. The molecule has 19 heavy (non-hydrogen) atoms. The summed E-state index contributed by atoms with van der Waals surface area (Å²) in [6.45, 7) is 6.30. The van der Waals surface area contributed by atoms with Crippen LogP contribution in [0.4, 0.5) is 0 Å². The summed E-state index contributed by atoms with van der Waals surface area (Å²) in [5.74, 6) is 1.50. The molecule has 0 saturated carbocycles. The summed E-state index contributed by atoms with van der Waals surface area (Å²) in [6.07, 6.45) is 1.84. The van der Waals surface area contributed by atoms with E-state index in [-0.39, 0.29) is 11.9 Å². The molecule has 0 aromatic carbocycles. The number of hydrogen-bond donors (Lipinski definition) is 0. The van der Waals surface area contributed by atoms with E-state index in [1.165, 1.54) is 7.11 Å². The first-order valence-electron chi connectivity index (χ1n) is 6.75. The van der Waals surface area contributed by atoms with Crippen LogP contribution in [-0.2, 0) is 22.5 Å². The summed E-state index contributed by atoms with van der Waals surface area (Å²) in [5, 5.41) is 3.93. The van der Waals surface area contributed by atoms with E-state index in [4.69, 9.17) is 9.26 Å². The summed E-state index contributed by atoms with van der Waals surface area (Å²) in [5.41, 5.74) is 0. The molecular weight excluding hydrogens is 246 g/mol. The lowest BCUT2D eigenvalue weighted by atomic mass is 9.99. The first-order chi connectivity index (χ1) is 9.13. The van der Waals surface area contributed by atoms with E-state index in [0.717, 1.165) is 25.2 Å². The number of carbonyl (C=O) groups excluding carboxylic acids is 1. The van der Waals surface area contributed by atoms with Gasteiger partial charge >= 0.3 is 5.97 Å². The molecule has 6 nitrogen and oxygen atoms in total. The predicted molar refractivity (Wildman–Crippen MR) is 68.2 cm³/mol. The van der Waals surface area contributed by atoms with Crippen molar-refractivity contribution in [3.8, 4) is 0 Å². The lowest BCUT2D eigenvalue weighted by Gasteiger charge is -2.12. The summed E-state index contributed by atoms with van der Waals surface area (Å²) in [6, 6.07) is 0. The summed E-state index contributed by atoms with van der Waals surface area (Å²) >= 11 is 0. The van der Waals surface area contributed by atoms with Gasteiger partial charge in [0.25, 0.3) is 0 Å². The van der Waals surface area contributed by atoms with Crippen LogP contribution in [0, 0.1) is 11.8 Å². The highest BCUT2D eigenvalue weighted by Gasteiger charge is 2.35. The maximum atomic E-state index is 11.6. The molecule has 106 valence electrons. The molecule has 0 N–H and O–H groups in total. The molecule has 2 rings (SSSR count). The van der Waals surface area contributed by atoms with Gasteiger partial charge in [-0.2, -0.15) is 4.98 Å². The number of carbonyl (C=O) groups is 1. The molecule has 1 saturated heterocycles. The van der Waals surface area contributed by atoms with Gasteiger partial charge in [0.1, 0.15) is 0 Å². The molecule has 1 aliphatic heterocycles. The minimum atomic E-state index is -0.132. The van der Waals surface area contributed by atoms with Crippen LogP contribution in [-0.4, -0.2) is 41.2 Å². The van der Waals surface area contributed by atoms with Crippen molar-refractivity contribution in [1.29, 1.82) is 0 Å². The average molecular weight is 267 g/mol. The highest BCUT2D eigenvalue weighted by Crippen LogP contribution is 2.25. The van der Waals surface area contributed by atoms with Crippen molar-refractivity contribution in [3.05, 3.63) is 11.7 Å². The fourth-order valence-corrected chi connectivity index (χ4v) is 2.53. The molecule has 1 aromatic heterocycles. The molecule has 2 unspecified atom stereocenters. The van der Waals surface area contributed by atoms with Crippen LogP contribution < -0.4 is 0 Å². The Kier molecular flexibility index (Phi) is 4.52. The second-order valence-electron chi connectivity index (χ2n) is 5.16. The Bertz CT molecular complexity index is 433. The third kappa shape index (κ3) is 3.32. The monoisotopic (exact) mass is 267 g/mol. The predicted octanol–water partition coefficient (Wildman–Crippen LogP) is 1.26. The molecule has 0 bridgehead atoms. The zero-order valence-electron chi connectivity index (χ0n) is 11.8. The van der Waals surface area contributed by atoms with Gasteiger partial charge in [0, 0.05) is 19.5 Å². The Labute approximate surface area is 113 Å². The first-order valence-corrected chi connectivity index (χ1v) is 6.75. The molecular formula is C13H21N3O3. The van der Waals surface area contributed by atoms with E-state index in [0.29, 0.717) is 24.9 Å². The van der Waals surface area contributed by atoms with E-state index in [1.807, 2.05) is 0 Å². The Morgan fingerprint density at radius 2 is 2.32 bits per heavy atom. The van der Waals surface area contributed by atoms with E-state index in [9.17, 15) is 4.79 Å². The number of hydrogen-bond acceptors (Lipinski definition) is 6. The topological polar surface area (TPSA) is 68.5 Å². The average Bonchev–Trinajstić information content (AvgIpc) is 2.96. The van der Waals surface area contributed by atoms with E-state index < -0.39 is 0 Å². The number of esters is 1. The molecule has 2 atom stereocenters. The van der Waals surface area contributed by atoms with Crippen molar-refractivity contribution in [1.82, 2.24) is 15.0 Å². The highest BCUT2D eigenvalue weighted by atomic mass is 16.5. The van der Waals surface area contributed by atoms with Crippen molar-refractivity contribution in [3.63, 3.8) is 0 Å². The molecule has 0 aliphatic carbocycles. The van der Waals surface area contributed by atoms with E-state index in [1.54, 1.807) is 0 Å². The van der Waals surface area contributed by atoms with Crippen LogP contribution in [0.3, 0.4) is 0 Å². The van der Waals surface area contributed by atoms with Crippen molar-refractivity contribution in [2.45, 2.75) is 33.2 Å². The third-order valence-corrected chi connectivity index (χ3v) is 3.53. The molecule has 1 aromatic rings. The minimum absolute atomic E-state index is 0.0527. The minimum Gasteiger partial charge on any atom is -0.469 e. The highest BCUT2D eigenvalue weighted by molar-refractivity contribution is 5.73. The Morgan fingerprint density at radius 3 is 3.00 bits per heavy atom. The fraction of sp³-hybridized carbons (Fsp3) is 0.769. The summed E-state index contributed by atoms with van der Waals surface area (Å²) in [4.78, 5) is 18.1. The molecule has 1 fully saturated rings. The number of nitrogens with zero attached hydrogens (tertiary/aromatic N) is 3. The van der Waals surface area contributed by atoms with Crippen molar-refractivity contribution in [2.75, 3.05) is 20.2 Å². The standard InChI is InChI=1S/C13H21N3O3/c1-4-5-11-14-12(19-15-11)8-16-6-9(2)10(7-16)13(17)18-3/h9-10H,4-8H2,1-3H3. The third-order valence-electron chi connectivity index (χ3n) is 3.53. The largest absolute Gasteiger partial charge is 0.469 e. The molecule has 0 radical (unpaired) electrons. The quantitative estimate of drug-likeness (QED) is 0.748. The van der Waals surface area contributed by atoms with Crippen molar-refractivity contribution in [2.24, 2.45) is 11.8 Å². The Balaban J connectivity index is 1.91. The Morgan fingerprint density at radius 1 is 1.53 bits per heavy atom. The number of likely N-dealkylation sites (tertiary alicyclic amines) is 1. The molecule has 0 amide bonds. The SMILES string of the molecule is CCCc1noc(CN2CC(C)C(C(=O)OC)C2)n1. The number of aryl methyl sites for hydroxylation is 1.